The summed E-state index contributed by atoms with van der Waals surface area (Å²) in [5.41, 5.74) is 3.60. The van der Waals surface area contributed by atoms with E-state index < -0.39 is 0 Å². The second-order valence-corrected chi connectivity index (χ2v) is 6.27. The van der Waals surface area contributed by atoms with E-state index in [1.165, 1.54) is 29.5 Å². The highest BCUT2D eigenvalue weighted by atomic mass is 16.4. The van der Waals surface area contributed by atoms with E-state index in [-0.39, 0.29) is 6.04 Å². The summed E-state index contributed by atoms with van der Waals surface area (Å²) in [6, 6.07) is 12.8. The first-order valence-electron chi connectivity index (χ1n) is 8.35. The van der Waals surface area contributed by atoms with Crippen molar-refractivity contribution in [1.29, 1.82) is 0 Å². The van der Waals surface area contributed by atoms with Crippen LogP contribution in [0.5, 0.6) is 0 Å². The maximum atomic E-state index is 5.68. The normalized spacial score (nSPS) is 15.4. The number of hydrogen-bond donors (Lipinski definition) is 1. The van der Waals surface area contributed by atoms with Gasteiger partial charge in [0, 0.05) is 24.4 Å². The fourth-order valence-corrected chi connectivity index (χ4v) is 2.70. The molecule has 0 spiro atoms. The van der Waals surface area contributed by atoms with Gasteiger partial charge < -0.3 is 9.73 Å². The molecule has 3 aromatic rings. The van der Waals surface area contributed by atoms with Crippen molar-refractivity contribution in [3.63, 3.8) is 0 Å². The Bertz CT molecular complexity index is 794. The molecule has 122 valence electrons. The molecule has 1 aliphatic carbocycles. The van der Waals surface area contributed by atoms with E-state index in [0.717, 1.165) is 5.89 Å². The van der Waals surface area contributed by atoms with Gasteiger partial charge >= 0.3 is 0 Å². The summed E-state index contributed by atoms with van der Waals surface area (Å²) >= 11 is 0. The van der Waals surface area contributed by atoms with Crippen molar-refractivity contribution in [3.05, 3.63) is 66.1 Å². The Morgan fingerprint density at radius 1 is 1.04 bits per heavy atom. The van der Waals surface area contributed by atoms with E-state index in [4.69, 9.17) is 4.42 Å². The minimum Gasteiger partial charge on any atom is -0.424 e. The molecule has 5 heteroatoms. The second-order valence-electron chi connectivity index (χ2n) is 6.27. The lowest BCUT2D eigenvalue weighted by atomic mass is 10.0. The highest BCUT2D eigenvalue weighted by molar-refractivity contribution is 5.62. The fraction of sp³-hybridized carbons (Fsp3) is 0.316. The molecule has 1 fully saturated rings. The van der Waals surface area contributed by atoms with Crippen LogP contribution in [0.2, 0.25) is 0 Å². The Kier molecular flexibility index (Phi) is 4.09. The molecule has 24 heavy (non-hydrogen) atoms. The standard InChI is InChI=1S/C19H20N4O/c1-13(21-12-18-22-23-19(24-18)17-6-7-17)14-2-4-15(5-3-14)16-8-10-20-11-9-16/h2-5,8-11,13,17,21H,6-7,12H2,1H3/t13-/m0/s1. The topological polar surface area (TPSA) is 63.8 Å². The van der Waals surface area contributed by atoms with Crippen molar-refractivity contribution in [2.75, 3.05) is 0 Å². The largest absolute Gasteiger partial charge is 0.424 e. The predicted molar refractivity (Wildman–Crippen MR) is 91.2 cm³/mol. The first kappa shape index (κ1) is 15.0. The molecule has 4 rings (SSSR count). The maximum Gasteiger partial charge on any atom is 0.230 e. The lowest BCUT2D eigenvalue weighted by molar-refractivity contribution is 0.419. The Morgan fingerprint density at radius 3 is 2.46 bits per heavy atom. The molecule has 0 radical (unpaired) electrons. The van der Waals surface area contributed by atoms with Gasteiger partial charge in [0.05, 0.1) is 6.54 Å². The predicted octanol–water partition coefficient (Wildman–Crippen LogP) is 3.86. The third kappa shape index (κ3) is 3.36. The van der Waals surface area contributed by atoms with Gasteiger partial charge in [-0.2, -0.15) is 0 Å². The van der Waals surface area contributed by atoms with Crippen LogP contribution in [0.3, 0.4) is 0 Å². The van der Waals surface area contributed by atoms with Gasteiger partial charge in [-0.25, -0.2) is 0 Å². The first-order chi connectivity index (χ1) is 11.8. The van der Waals surface area contributed by atoms with Crippen LogP contribution in [0.4, 0.5) is 0 Å². The van der Waals surface area contributed by atoms with Crippen LogP contribution >= 0.6 is 0 Å². The molecule has 2 heterocycles. The van der Waals surface area contributed by atoms with Crippen LogP contribution in [0.25, 0.3) is 11.1 Å². The summed E-state index contributed by atoms with van der Waals surface area (Å²) in [4.78, 5) is 4.06. The van der Waals surface area contributed by atoms with E-state index in [0.29, 0.717) is 18.4 Å². The average molecular weight is 320 g/mol. The molecule has 0 amide bonds. The fourth-order valence-electron chi connectivity index (χ4n) is 2.70. The van der Waals surface area contributed by atoms with Gasteiger partial charge in [0.15, 0.2) is 0 Å². The lowest BCUT2D eigenvalue weighted by Gasteiger charge is -2.13. The third-order valence-corrected chi connectivity index (χ3v) is 4.39. The highest BCUT2D eigenvalue weighted by Gasteiger charge is 2.29. The maximum absolute atomic E-state index is 5.68. The smallest absolute Gasteiger partial charge is 0.230 e. The van der Waals surface area contributed by atoms with Crippen LogP contribution < -0.4 is 5.32 Å². The quantitative estimate of drug-likeness (QED) is 0.747. The Morgan fingerprint density at radius 2 is 1.75 bits per heavy atom. The van der Waals surface area contributed by atoms with Crippen LogP contribution in [-0.2, 0) is 6.54 Å². The van der Waals surface area contributed by atoms with Crippen LogP contribution in [0.1, 0.15) is 49.1 Å². The van der Waals surface area contributed by atoms with E-state index in [2.05, 4.69) is 51.7 Å². The Labute approximate surface area is 141 Å². The number of pyridine rings is 1. The van der Waals surface area contributed by atoms with Gasteiger partial charge in [0.2, 0.25) is 11.8 Å². The SMILES string of the molecule is C[C@H](NCc1nnc(C2CC2)o1)c1ccc(-c2ccncc2)cc1. The van der Waals surface area contributed by atoms with Gasteiger partial charge in [-0.3, -0.25) is 4.98 Å². The Balaban J connectivity index is 1.37. The zero-order chi connectivity index (χ0) is 16.4. The van der Waals surface area contributed by atoms with Gasteiger partial charge in [0.25, 0.3) is 0 Å². The van der Waals surface area contributed by atoms with Crippen molar-refractivity contribution in [1.82, 2.24) is 20.5 Å². The number of benzene rings is 1. The highest BCUT2D eigenvalue weighted by Crippen LogP contribution is 2.39. The molecule has 1 atom stereocenters. The molecule has 1 aromatic carbocycles. The average Bonchev–Trinajstić information content (AvgIpc) is 3.39. The number of hydrogen-bond acceptors (Lipinski definition) is 5. The van der Waals surface area contributed by atoms with Crippen molar-refractivity contribution in [2.45, 2.75) is 38.3 Å². The lowest BCUT2D eigenvalue weighted by Crippen LogP contribution is -2.18. The summed E-state index contributed by atoms with van der Waals surface area (Å²) in [6.07, 6.45) is 5.98. The van der Waals surface area contributed by atoms with Crippen molar-refractivity contribution in [3.8, 4) is 11.1 Å². The van der Waals surface area contributed by atoms with Gasteiger partial charge in [-0.1, -0.05) is 24.3 Å². The summed E-state index contributed by atoms with van der Waals surface area (Å²) in [5.74, 6) is 1.96. The van der Waals surface area contributed by atoms with Crippen LogP contribution in [-0.4, -0.2) is 15.2 Å². The number of nitrogens with zero attached hydrogens (tertiary/aromatic N) is 3. The van der Waals surface area contributed by atoms with Gasteiger partial charge in [-0.15, -0.1) is 10.2 Å². The van der Waals surface area contributed by atoms with E-state index in [9.17, 15) is 0 Å². The summed E-state index contributed by atoms with van der Waals surface area (Å²) in [5, 5.41) is 11.7. The molecule has 0 aliphatic heterocycles. The second kappa shape index (κ2) is 6.53. The zero-order valence-corrected chi connectivity index (χ0v) is 13.6. The molecule has 5 nitrogen and oxygen atoms in total. The van der Waals surface area contributed by atoms with E-state index >= 15 is 0 Å². The Hall–Kier alpha value is -2.53. The molecule has 0 bridgehead atoms. The first-order valence-corrected chi connectivity index (χ1v) is 8.35. The minimum atomic E-state index is 0.216. The minimum absolute atomic E-state index is 0.216. The van der Waals surface area contributed by atoms with Crippen LogP contribution in [0, 0.1) is 0 Å². The van der Waals surface area contributed by atoms with E-state index in [1.54, 1.807) is 0 Å². The molecule has 1 saturated carbocycles. The van der Waals surface area contributed by atoms with Gasteiger partial charge in [-0.05, 0) is 48.6 Å². The zero-order valence-electron chi connectivity index (χ0n) is 13.6. The number of aromatic nitrogens is 3. The number of rotatable bonds is 6. The molecular formula is C19H20N4O. The van der Waals surface area contributed by atoms with Crippen molar-refractivity contribution >= 4 is 0 Å². The van der Waals surface area contributed by atoms with Gasteiger partial charge in [0.1, 0.15) is 0 Å². The molecule has 2 aromatic heterocycles. The molecule has 1 N–H and O–H groups in total. The monoisotopic (exact) mass is 320 g/mol. The van der Waals surface area contributed by atoms with Crippen molar-refractivity contribution < 1.29 is 4.42 Å². The summed E-state index contributed by atoms with van der Waals surface area (Å²) in [6.45, 7) is 2.73. The summed E-state index contributed by atoms with van der Waals surface area (Å²) in [7, 11) is 0. The number of nitrogens with one attached hydrogen (secondary N) is 1. The third-order valence-electron chi connectivity index (χ3n) is 4.39. The molecular weight excluding hydrogens is 300 g/mol. The van der Waals surface area contributed by atoms with E-state index in [1.807, 2.05) is 24.5 Å². The molecule has 0 unspecified atom stereocenters. The molecule has 1 aliphatic rings. The van der Waals surface area contributed by atoms with Crippen LogP contribution in [0.15, 0.2) is 53.2 Å². The van der Waals surface area contributed by atoms with Crippen molar-refractivity contribution in [2.24, 2.45) is 0 Å². The molecule has 0 saturated heterocycles. The summed E-state index contributed by atoms with van der Waals surface area (Å²) < 4.78 is 5.68.